The van der Waals surface area contributed by atoms with Crippen molar-refractivity contribution in [3.8, 4) is 5.69 Å². The molecule has 1 aliphatic carbocycles. The van der Waals surface area contributed by atoms with E-state index in [1.165, 1.54) is 6.42 Å². The molecule has 5 nitrogen and oxygen atoms in total. The highest BCUT2D eigenvalue weighted by Crippen LogP contribution is 2.33. The molecule has 4 rings (SSSR count). The summed E-state index contributed by atoms with van der Waals surface area (Å²) in [6.45, 7) is 5.00. The molecule has 1 saturated carbocycles. The summed E-state index contributed by atoms with van der Waals surface area (Å²) in [6.07, 6.45) is 9.27. The number of carbonyl (C=O) groups is 1. The van der Waals surface area contributed by atoms with Gasteiger partial charge in [-0.15, -0.1) is 0 Å². The van der Waals surface area contributed by atoms with E-state index in [-0.39, 0.29) is 23.4 Å². The van der Waals surface area contributed by atoms with Gasteiger partial charge in [-0.05, 0) is 62.1 Å². The molecule has 0 aliphatic heterocycles. The van der Waals surface area contributed by atoms with E-state index in [4.69, 9.17) is 4.98 Å². The van der Waals surface area contributed by atoms with Crippen LogP contribution in [-0.4, -0.2) is 26.9 Å². The molecule has 1 fully saturated rings. The van der Waals surface area contributed by atoms with Gasteiger partial charge in [-0.2, -0.15) is 0 Å². The van der Waals surface area contributed by atoms with Crippen LogP contribution in [0.1, 0.15) is 83.5 Å². The number of rotatable bonds is 10. The van der Waals surface area contributed by atoms with Gasteiger partial charge in [0, 0.05) is 16.9 Å². The van der Waals surface area contributed by atoms with Crippen molar-refractivity contribution in [2.75, 3.05) is 6.54 Å². The third-order valence-electron chi connectivity index (χ3n) is 7.19. The summed E-state index contributed by atoms with van der Waals surface area (Å²) in [5, 5.41) is 0.589. The zero-order valence-corrected chi connectivity index (χ0v) is 22.5. The molecule has 2 aromatic carbocycles. The van der Waals surface area contributed by atoms with E-state index in [9.17, 15) is 9.59 Å². The van der Waals surface area contributed by atoms with Crippen LogP contribution in [-0.2, 0) is 4.79 Å². The van der Waals surface area contributed by atoms with Crippen molar-refractivity contribution in [1.82, 2.24) is 14.5 Å². The first-order chi connectivity index (χ1) is 17.0. The van der Waals surface area contributed by atoms with Gasteiger partial charge in [0.1, 0.15) is 5.82 Å². The Morgan fingerprint density at radius 2 is 1.77 bits per heavy atom. The molecule has 3 aromatic rings. The third kappa shape index (κ3) is 5.69. The first-order valence-corrected chi connectivity index (χ1v) is 13.9. The highest BCUT2D eigenvalue weighted by Gasteiger charge is 2.33. The van der Waals surface area contributed by atoms with Gasteiger partial charge in [0.2, 0.25) is 5.91 Å². The Hall–Kier alpha value is -2.47. The Kier molecular flexibility index (Phi) is 8.77. The lowest BCUT2D eigenvalue weighted by atomic mass is 10.0. The van der Waals surface area contributed by atoms with Crippen LogP contribution in [0.5, 0.6) is 0 Å². The van der Waals surface area contributed by atoms with Crippen molar-refractivity contribution >= 4 is 32.7 Å². The van der Waals surface area contributed by atoms with Crippen LogP contribution < -0.4 is 5.56 Å². The van der Waals surface area contributed by atoms with Gasteiger partial charge < -0.3 is 4.90 Å². The maximum absolute atomic E-state index is 13.8. The van der Waals surface area contributed by atoms with E-state index in [2.05, 4.69) is 34.7 Å². The van der Waals surface area contributed by atoms with Crippen LogP contribution in [0.25, 0.3) is 16.6 Å². The summed E-state index contributed by atoms with van der Waals surface area (Å²) >= 11 is 3.50. The number of amides is 1. The number of unbranched alkanes of at least 4 members (excludes halogenated alkanes) is 3. The predicted octanol–water partition coefficient (Wildman–Crippen LogP) is 7.20. The minimum Gasteiger partial charge on any atom is -0.332 e. The number of carbonyl (C=O) groups excluding carboxylic acids is 1. The van der Waals surface area contributed by atoms with Gasteiger partial charge in [0.05, 0.1) is 22.6 Å². The number of nitrogens with zero attached hydrogens (tertiary/aromatic N) is 3. The minimum atomic E-state index is -0.259. The number of hydrogen-bond acceptors (Lipinski definition) is 3. The third-order valence-corrected chi connectivity index (χ3v) is 7.72. The quantitative estimate of drug-likeness (QED) is 0.257. The van der Waals surface area contributed by atoms with E-state index in [0.29, 0.717) is 29.7 Å². The molecule has 186 valence electrons. The monoisotopic (exact) mass is 537 g/mol. The van der Waals surface area contributed by atoms with E-state index < -0.39 is 0 Å². The maximum atomic E-state index is 13.8. The number of halogens is 1. The van der Waals surface area contributed by atoms with Crippen LogP contribution in [0.4, 0.5) is 0 Å². The fourth-order valence-corrected chi connectivity index (χ4v) is 5.56. The number of aromatic nitrogens is 2. The molecule has 0 saturated heterocycles. The second kappa shape index (κ2) is 12.0. The molecular weight excluding hydrogens is 502 g/mol. The molecule has 1 atom stereocenters. The predicted molar refractivity (Wildman–Crippen MR) is 146 cm³/mol. The molecule has 35 heavy (non-hydrogen) atoms. The normalized spacial score (nSPS) is 14.9. The molecule has 0 bridgehead atoms. The molecule has 1 amide bonds. The van der Waals surface area contributed by atoms with Crippen molar-refractivity contribution in [2.24, 2.45) is 5.92 Å². The molecule has 1 aromatic heterocycles. The number of benzene rings is 2. The number of hydrogen-bond donors (Lipinski definition) is 0. The Morgan fingerprint density at radius 1 is 1.06 bits per heavy atom. The summed E-state index contributed by atoms with van der Waals surface area (Å²) in [6, 6.07) is 15.0. The highest BCUT2D eigenvalue weighted by molar-refractivity contribution is 9.10. The maximum Gasteiger partial charge on any atom is 0.266 e. The van der Waals surface area contributed by atoms with Gasteiger partial charge in [0.15, 0.2) is 0 Å². The lowest BCUT2D eigenvalue weighted by molar-refractivity contribution is -0.138. The van der Waals surface area contributed by atoms with E-state index >= 15 is 0 Å². The van der Waals surface area contributed by atoms with E-state index in [0.717, 1.165) is 55.1 Å². The van der Waals surface area contributed by atoms with Gasteiger partial charge in [-0.25, -0.2) is 4.98 Å². The molecule has 0 radical (unpaired) electrons. The average Bonchev–Trinajstić information content (AvgIpc) is 3.42. The van der Waals surface area contributed by atoms with Crippen molar-refractivity contribution in [3.63, 3.8) is 0 Å². The van der Waals surface area contributed by atoms with Crippen LogP contribution in [0.2, 0.25) is 0 Å². The molecule has 0 spiro atoms. The topological polar surface area (TPSA) is 55.2 Å². The van der Waals surface area contributed by atoms with Gasteiger partial charge in [-0.3, -0.25) is 14.2 Å². The second-order valence-electron chi connectivity index (χ2n) is 9.60. The van der Waals surface area contributed by atoms with Crippen LogP contribution >= 0.6 is 15.9 Å². The van der Waals surface area contributed by atoms with Crippen LogP contribution in [0.15, 0.2) is 57.8 Å². The van der Waals surface area contributed by atoms with Crippen molar-refractivity contribution in [3.05, 3.63) is 69.2 Å². The lowest BCUT2D eigenvalue weighted by Gasteiger charge is -2.34. The molecule has 1 unspecified atom stereocenters. The SMILES string of the molecule is CCCCCCN(C(=O)C1CCCC1)C(CC)c1nc2ccccc2c(=O)n1-c1ccc(Br)cc1. The Morgan fingerprint density at radius 3 is 2.46 bits per heavy atom. The molecule has 6 heteroatoms. The van der Waals surface area contributed by atoms with Crippen molar-refractivity contribution < 1.29 is 4.79 Å². The van der Waals surface area contributed by atoms with Gasteiger partial charge >= 0.3 is 0 Å². The lowest BCUT2D eigenvalue weighted by Crippen LogP contribution is -2.41. The zero-order valence-electron chi connectivity index (χ0n) is 20.9. The smallest absolute Gasteiger partial charge is 0.266 e. The Balaban J connectivity index is 1.84. The summed E-state index contributed by atoms with van der Waals surface area (Å²) in [7, 11) is 0. The Labute approximate surface area is 216 Å². The largest absolute Gasteiger partial charge is 0.332 e. The Bertz CT molecular complexity index is 1200. The summed E-state index contributed by atoms with van der Waals surface area (Å²) in [4.78, 5) is 34.7. The molecule has 1 aliphatic rings. The fourth-order valence-electron chi connectivity index (χ4n) is 5.29. The molecule has 0 N–H and O–H groups in total. The van der Waals surface area contributed by atoms with Gasteiger partial charge in [-0.1, -0.05) is 74.0 Å². The van der Waals surface area contributed by atoms with Gasteiger partial charge in [0.25, 0.3) is 5.56 Å². The zero-order chi connectivity index (χ0) is 24.8. The fraction of sp³-hybridized carbons (Fsp3) is 0.483. The average molecular weight is 539 g/mol. The molecular formula is C29H36BrN3O2. The molecule has 1 heterocycles. The first kappa shape index (κ1) is 25.6. The van der Waals surface area contributed by atoms with E-state index in [1.807, 2.05) is 48.5 Å². The number of fused-ring (bicyclic) bond motifs is 1. The van der Waals surface area contributed by atoms with Crippen molar-refractivity contribution in [1.29, 1.82) is 0 Å². The summed E-state index contributed by atoms with van der Waals surface area (Å²) in [5.74, 6) is 0.972. The highest BCUT2D eigenvalue weighted by atomic mass is 79.9. The summed E-state index contributed by atoms with van der Waals surface area (Å²) in [5.41, 5.74) is 1.35. The first-order valence-electron chi connectivity index (χ1n) is 13.1. The van der Waals surface area contributed by atoms with Crippen LogP contribution in [0, 0.1) is 5.92 Å². The minimum absolute atomic E-state index is 0.0866. The van der Waals surface area contributed by atoms with E-state index in [1.54, 1.807) is 4.57 Å². The second-order valence-corrected chi connectivity index (χ2v) is 10.5. The van der Waals surface area contributed by atoms with Crippen molar-refractivity contribution in [2.45, 2.75) is 77.7 Å². The standard InChI is InChI=1S/C29H36BrN3O2/c1-3-5-6-11-20-32(28(34)21-12-7-8-13-21)26(4-2)27-31-25-15-10-9-14-24(25)29(35)33(27)23-18-16-22(30)17-19-23/h9-10,14-19,21,26H,3-8,11-13,20H2,1-2H3. The summed E-state index contributed by atoms with van der Waals surface area (Å²) < 4.78 is 2.68. The van der Waals surface area contributed by atoms with Crippen LogP contribution in [0.3, 0.4) is 0 Å². The number of para-hydroxylation sites is 1.